The lowest BCUT2D eigenvalue weighted by Gasteiger charge is -2.39. The number of hydrogen-bond donors (Lipinski definition) is 1. The first kappa shape index (κ1) is 21.2. The van der Waals surface area contributed by atoms with E-state index in [1.54, 1.807) is 23.4 Å². The second kappa shape index (κ2) is 8.04. The summed E-state index contributed by atoms with van der Waals surface area (Å²) < 4.78 is 53.4. The summed E-state index contributed by atoms with van der Waals surface area (Å²) in [5, 5.41) is 0.793. The minimum Gasteiger partial charge on any atom is -0.357 e. The maximum atomic E-state index is 14.1. The summed E-state index contributed by atoms with van der Waals surface area (Å²) in [7, 11) is -3.23. The van der Waals surface area contributed by atoms with Crippen molar-refractivity contribution in [1.29, 1.82) is 0 Å². The minimum absolute atomic E-state index is 0.0689. The molecule has 0 spiro atoms. The van der Waals surface area contributed by atoms with E-state index in [-0.39, 0.29) is 18.9 Å². The lowest BCUT2D eigenvalue weighted by molar-refractivity contribution is 0.107. The molecular weight excluding hydrogens is 438 g/mol. The number of piperidine rings is 1. The molecule has 0 saturated carbocycles. The van der Waals surface area contributed by atoms with Gasteiger partial charge in [0.15, 0.2) is 0 Å². The number of nitrogens with one attached hydrogen (secondary N) is 1. The molecule has 3 aromatic rings. The van der Waals surface area contributed by atoms with Crippen molar-refractivity contribution in [3.63, 3.8) is 0 Å². The third kappa shape index (κ3) is 3.73. The molecule has 1 N–H and O–H groups in total. The highest BCUT2D eigenvalue weighted by Gasteiger charge is 2.37. The molecule has 2 aliphatic rings. The van der Waals surface area contributed by atoms with Crippen LogP contribution in [0.25, 0.3) is 11.0 Å². The van der Waals surface area contributed by atoms with Crippen molar-refractivity contribution >= 4 is 26.7 Å². The normalized spacial score (nSPS) is 20.8. The van der Waals surface area contributed by atoms with E-state index in [2.05, 4.69) is 19.9 Å². The summed E-state index contributed by atoms with van der Waals surface area (Å²) in [5.41, 5.74) is 3.73. The van der Waals surface area contributed by atoms with E-state index in [9.17, 15) is 17.2 Å². The van der Waals surface area contributed by atoms with E-state index < -0.39 is 22.5 Å². The van der Waals surface area contributed by atoms with Crippen LogP contribution in [0, 0.1) is 0 Å². The topological polar surface area (TPSA) is 95.1 Å². The second-order valence-corrected chi connectivity index (χ2v) is 10.4. The van der Waals surface area contributed by atoms with E-state index in [1.165, 1.54) is 16.9 Å². The largest absolute Gasteiger partial charge is 0.357 e. The van der Waals surface area contributed by atoms with Crippen molar-refractivity contribution in [1.82, 2.24) is 24.2 Å². The van der Waals surface area contributed by atoms with Crippen LogP contribution in [0.15, 0.2) is 30.9 Å². The van der Waals surface area contributed by atoms with Crippen molar-refractivity contribution in [3.05, 3.63) is 47.8 Å². The lowest BCUT2D eigenvalue weighted by atomic mass is 9.87. The molecule has 5 rings (SSSR count). The standard InChI is InChI=1S/C21H24F2N6O2S/c1-32(30,31)28-8-4-13(5-9-28)19-15-11-29(17-3-7-25-21-14(17)2-6-24-21)18(20(22)23)10-16(15)26-12-27-19/h2-3,6-7,12-13,18,20H,4-5,8-11H2,1H3,(H,24,25). The molecule has 1 fully saturated rings. The lowest BCUT2D eigenvalue weighted by Crippen LogP contribution is -2.46. The van der Waals surface area contributed by atoms with Crippen molar-refractivity contribution in [2.24, 2.45) is 0 Å². The zero-order chi connectivity index (χ0) is 22.5. The van der Waals surface area contributed by atoms with Gasteiger partial charge in [-0.2, -0.15) is 0 Å². The number of fused-ring (bicyclic) bond motifs is 2. The molecule has 32 heavy (non-hydrogen) atoms. The monoisotopic (exact) mass is 462 g/mol. The number of aromatic amines is 1. The third-order valence-electron chi connectivity index (χ3n) is 6.55. The predicted molar refractivity (Wildman–Crippen MR) is 116 cm³/mol. The number of aromatic nitrogens is 4. The zero-order valence-electron chi connectivity index (χ0n) is 17.6. The molecule has 11 heteroatoms. The first-order chi connectivity index (χ1) is 15.3. The molecule has 5 heterocycles. The Bertz CT molecular complexity index is 1240. The number of anilines is 1. The van der Waals surface area contributed by atoms with E-state index in [0.29, 0.717) is 43.0 Å². The minimum atomic E-state index is -3.23. The molecule has 3 aromatic heterocycles. The van der Waals surface area contributed by atoms with Crippen LogP contribution >= 0.6 is 0 Å². The number of hydrogen-bond acceptors (Lipinski definition) is 6. The average Bonchev–Trinajstić information content (AvgIpc) is 3.26. The Morgan fingerprint density at radius 3 is 2.66 bits per heavy atom. The van der Waals surface area contributed by atoms with Gasteiger partial charge in [0.25, 0.3) is 6.43 Å². The fraction of sp³-hybridized carbons (Fsp3) is 0.476. The fourth-order valence-corrected chi connectivity index (χ4v) is 5.78. The molecule has 0 amide bonds. The number of alkyl halides is 2. The van der Waals surface area contributed by atoms with Gasteiger partial charge in [0.05, 0.1) is 29.4 Å². The first-order valence-electron chi connectivity index (χ1n) is 10.6. The SMILES string of the molecule is CS(=O)(=O)N1CCC(c2ncnc3c2CN(c2ccnc4[nH]ccc24)C(C(F)F)C3)CC1. The third-order valence-corrected chi connectivity index (χ3v) is 7.85. The Hall–Kier alpha value is -2.66. The van der Waals surface area contributed by atoms with Gasteiger partial charge in [-0.05, 0) is 25.0 Å². The van der Waals surface area contributed by atoms with Crippen molar-refractivity contribution < 1.29 is 17.2 Å². The van der Waals surface area contributed by atoms with Gasteiger partial charge in [-0.1, -0.05) is 0 Å². The summed E-state index contributed by atoms with van der Waals surface area (Å²) in [6.07, 6.45) is 4.92. The zero-order valence-corrected chi connectivity index (χ0v) is 18.4. The summed E-state index contributed by atoms with van der Waals surface area (Å²) in [5.74, 6) is 0.0689. The van der Waals surface area contributed by atoms with Gasteiger partial charge in [0.1, 0.15) is 12.0 Å². The highest BCUT2D eigenvalue weighted by Crippen LogP contribution is 2.38. The number of rotatable bonds is 4. The number of nitrogens with zero attached hydrogens (tertiary/aromatic N) is 5. The summed E-state index contributed by atoms with van der Waals surface area (Å²) in [6.45, 7) is 1.14. The van der Waals surface area contributed by atoms with Gasteiger partial charge >= 0.3 is 0 Å². The quantitative estimate of drug-likeness (QED) is 0.641. The average molecular weight is 463 g/mol. The van der Waals surface area contributed by atoms with Crippen LogP contribution in [0.4, 0.5) is 14.5 Å². The van der Waals surface area contributed by atoms with Crippen LogP contribution in [0.5, 0.6) is 0 Å². The smallest absolute Gasteiger partial charge is 0.258 e. The molecule has 0 bridgehead atoms. The predicted octanol–water partition coefficient (Wildman–Crippen LogP) is 2.69. The van der Waals surface area contributed by atoms with Crippen molar-refractivity contribution in [2.75, 3.05) is 24.2 Å². The highest BCUT2D eigenvalue weighted by molar-refractivity contribution is 7.88. The molecule has 0 aromatic carbocycles. The summed E-state index contributed by atoms with van der Waals surface area (Å²) in [4.78, 5) is 17.9. The number of pyridine rings is 1. The molecule has 1 saturated heterocycles. The molecule has 0 radical (unpaired) electrons. The van der Waals surface area contributed by atoms with Gasteiger partial charge in [-0.25, -0.2) is 36.5 Å². The van der Waals surface area contributed by atoms with Gasteiger partial charge in [0, 0.05) is 55.3 Å². The maximum Gasteiger partial charge on any atom is 0.258 e. The van der Waals surface area contributed by atoms with E-state index in [1.807, 2.05) is 6.07 Å². The second-order valence-electron chi connectivity index (χ2n) is 8.42. The molecule has 1 unspecified atom stereocenters. The van der Waals surface area contributed by atoms with Crippen LogP contribution in [0.3, 0.4) is 0 Å². The molecule has 2 aliphatic heterocycles. The maximum absolute atomic E-state index is 14.1. The van der Waals surface area contributed by atoms with E-state index >= 15 is 0 Å². The number of sulfonamides is 1. The molecule has 1 atom stereocenters. The summed E-state index contributed by atoms with van der Waals surface area (Å²) >= 11 is 0. The number of halogens is 2. The van der Waals surface area contributed by atoms with E-state index in [4.69, 9.17) is 0 Å². The van der Waals surface area contributed by atoms with Crippen LogP contribution in [0.2, 0.25) is 0 Å². The molecule has 8 nitrogen and oxygen atoms in total. The van der Waals surface area contributed by atoms with E-state index in [0.717, 1.165) is 16.6 Å². The Labute approximate surface area is 184 Å². The van der Waals surface area contributed by atoms with Crippen molar-refractivity contribution in [3.8, 4) is 0 Å². The summed E-state index contributed by atoms with van der Waals surface area (Å²) in [6, 6.07) is 2.61. The van der Waals surface area contributed by atoms with Gasteiger partial charge in [-0.15, -0.1) is 0 Å². The highest BCUT2D eigenvalue weighted by atomic mass is 32.2. The number of H-pyrrole nitrogens is 1. The van der Waals surface area contributed by atoms with Crippen LogP contribution in [0.1, 0.15) is 35.7 Å². The Kier molecular flexibility index (Phi) is 5.32. The Morgan fingerprint density at radius 1 is 1.16 bits per heavy atom. The van der Waals surface area contributed by atoms with Crippen molar-refractivity contribution in [2.45, 2.75) is 44.2 Å². The Morgan fingerprint density at radius 2 is 1.94 bits per heavy atom. The Balaban J connectivity index is 1.51. The first-order valence-corrected chi connectivity index (χ1v) is 12.4. The molecule has 170 valence electrons. The molecule has 0 aliphatic carbocycles. The van der Waals surface area contributed by atoms with Gasteiger partial charge in [0.2, 0.25) is 10.0 Å². The fourth-order valence-electron chi connectivity index (χ4n) is 4.91. The van der Waals surface area contributed by atoms with Crippen LogP contribution < -0.4 is 4.90 Å². The van der Waals surface area contributed by atoms with Gasteiger partial charge < -0.3 is 9.88 Å². The van der Waals surface area contributed by atoms with Crippen LogP contribution in [-0.4, -0.2) is 64.5 Å². The van der Waals surface area contributed by atoms with Gasteiger partial charge in [-0.3, -0.25) is 0 Å². The van der Waals surface area contributed by atoms with Crippen LogP contribution in [-0.2, 0) is 23.0 Å². The molecular formula is C21H24F2N6O2S.